The van der Waals surface area contributed by atoms with Gasteiger partial charge in [-0.15, -0.1) is 0 Å². The molecule has 8 heteroatoms. The van der Waals surface area contributed by atoms with Crippen LogP contribution in [-0.2, 0) is 0 Å². The maximum absolute atomic E-state index is 13.1. The van der Waals surface area contributed by atoms with Gasteiger partial charge in [-0.3, -0.25) is 4.79 Å². The minimum Gasteiger partial charge on any atom is -0.383 e. The van der Waals surface area contributed by atoms with Gasteiger partial charge in [0.1, 0.15) is 16.9 Å². The molecule has 0 aliphatic carbocycles. The molecule has 0 bridgehead atoms. The second kappa shape index (κ2) is 10.3. The van der Waals surface area contributed by atoms with Crippen LogP contribution in [0.1, 0.15) is 48.5 Å². The van der Waals surface area contributed by atoms with Gasteiger partial charge in [-0.25, -0.2) is 9.97 Å². The summed E-state index contributed by atoms with van der Waals surface area (Å²) in [5.74, 6) is -0.0367. The fraction of sp³-hybridized carbons (Fsp3) is 0.308. The first-order chi connectivity index (χ1) is 16.5. The SMILES string of the molecule is CCCCCCNC(=O)c1c(N)n(/N=C\c2ccc(N(C)C)cc2)c2nc3ccccc3nc12. The molecule has 2 aromatic heterocycles. The maximum Gasteiger partial charge on any atom is 0.257 e. The zero-order valence-corrected chi connectivity index (χ0v) is 20.0. The largest absolute Gasteiger partial charge is 0.383 e. The molecular formula is C26H31N7O. The minimum atomic E-state index is -0.257. The molecule has 8 nitrogen and oxygen atoms in total. The Bertz CT molecular complexity index is 1320. The predicted molar refractivity (Wildman–Crippen MR) is 140 cm³/mol. The second-order valence-electron chi connectivity index (χ2n) is 8.50. The molecule has 0 unspecified atom stereocenters. The fourth-order valence-electron chi connectivity index (χ4n) is 3.81. The zero-order valence-electron chi connectivity index (χ0n) is 20.0. The number of benzene rings is 2. The summed E-state index contributed by atoms with van der Waals surface area (Å²) in [4.78, 5) is 24.6. The van der Waals surface area contributed by atoms with Gasteiger partial charge in [0.25, 0.3) is 5.91 Å². The van der Waals surface area contributed by atoms with E-state index in [-0.39, 0.29) is 11.7 Å². The Hall–Kier alpha value is -3.94. The van der Waals surface area contributed by atoms with E-state index in [0.29, 0.717) is 34.3 Å². The standard InChI is InChI=1S/C26H31N7O/c1-4-5-6-9-16-28-26(34)22-23-25(31-21-11-8-7-10-20(21)30-23)33(24(22)27)29-17-18-12-14-19(15-13-18)32(2)3/h7-8,10-15,17H,4-6,9,16,27H2,1-3H3,(H,28,34)/b29-17-. The van der Waals surface area contributed by atoms with E-state index in [1.165, 1.54) is 4.68 Å². The van der Waals surface area contributed by atoms with E-state index in [2.05, 4.69) is 17.3 Å². The lowest BCUT2D eigenvalue weighted by atomic mass is 10.2. The number of nitrogen functional groups attached to an aromatic ring is 1. The van der Waals surface area contributed by atoms with Crippen LogP contribution in [0.2, 0.25) is 0 Å². The summed E-state index contributed by atoms with van der Waals surface area (Å²) in [6.07, 6.45) is 6.01. The highest BCUT2D eigenvalue weighted by Crippen LogP contribution is 2.28. The summed E-state index contributed by atoms with van der Waals surface area (Å²) in [5, 5.41) is 7.57. The Morgan fingerprint density at radius 2 is 1.76 bits per heavy atom. The molecule has 2 aromatic carbocycles. The molecule has 34 heavy (non-hydrogen) atoms. The lowest BCUT2D eigenvalue weighted by Crippen LogP contribution is -2.25. The maximum atomic E-state index is 13.1. The smallest absolute Gasteiger partial charge is 0.257 e. The molecule has 1 amide bonds. The number of para-hydroxylation sites is 2. The van der Waals surface area contributed by atoms with Crippen LogP contribution in [0.15, 0.2) is 53.6 Å². The monoisotopic (exact) mass is 457 g/mol. The van der Waals surface area contributed by atoms with Crippen molar-refractivity contribution in [3.63, 3.8) is 0 Å². The second-order valence-corrected chi connectivity index (χ2v) is 8.50. The predicted octanol–water partition coefficient (Wildman–Crippen LogP) is 4.43. The van der Waals surface area contributed by atoms with Gasteiger partial charge in [0.05, 0.1) is 17.2 Å². The number of nitrogens with two attached hydrogens (primary N) is 1. The van der Waals surface area contributed by atoms with Crippen LogP contribution in [-0.4, -0.2) is 47.4 Å². The topological polar surface area (TPSA) is 101 Å². The number of unbranched alkanes of at least 4 members (excludes halogenated alkanes) is 3. The highest BCUT2D eigenvalue weighted by Gasteiger charge is 2.23. The van der Waals surface area contributed by atoms with Crippen LogP contribution in [0.3, 0.4) is 0 Å². The van der Waals surface area contributed by atoms with Crippen LogP contribution in [0, 0.1) is 0 Å². The number of hydrogen-bond donors (Lipinski definition) is 2. The third-order valence-electron chi connectivity index (χ3n) is 5.75. The minimum absolute atomic E-state index is 0.220. The van der Waals surface area contributed by atoms with Gasteiger partial charge in [-0.2, -0.15) is 9.78 Å². The summed E-state index contributed by atoms with van der Waals surface area (Å²) in [6.45, 7) is 2.75. The lowest BCUT2D eigenvalue weighted by molar-refractivity contribution is 0.0955. The number of anilines is 2. The zero-order chi connectivity index (χ0) is 24.1. The molecule has 2 heterocycles. The van der Waals surface area contributed by atoms with Gasteiger partial charge in [-0.1, -0.05) is 50.5 Å². The number of aromatic nitrogens is 3. The van der Waals surface area contributed by atoms with E-state index >= 15 is 0 Å². The third-order valence-corrected chi connectivity index (χ3v) is 5.75. The third kappa shape index (κ3) is 4.85. The average molecular weight is 458 g/mol. The first-order valence-electron chi connectivity index (χ1n) is 11.7. The van der Waals surface area contributed by atoms with E-state index in [0.717, 1.165) is 36.9 Å². The molecule has 0 radical (unpaired) electrons. The Morgan fingerprint density at radius 3 is 2.44 bits per heavy atom. The summed E-state index contributed by atoms with van der Waals surface area (Å²) >= 11 is 0. The number of carbonyl (C=O) groups is 1. The van der Waals surface area contributed by atoms with Crippen molar-refractivity contribution in [2.45, 2.75) is 32.6 Å². The molecule has 0 fully saturated rings. The first-order valence-corrected chi connectivity index (χ1v) is 11.7. The van der Waals surface area contributed by atoms with Crippen LogP contribution >= 0.6 is 0 Å². The van der Waals surface area contributed by atoms with Gasteiger partial charge in [0, 0.05) is 26.3 Å². The molecule has 0 saturated carbocycles. The van der Waals surface area contributed by atoms with Crippen molar-refractivity contribution in [2.24, 2.45) is 5.10 Å². The van der Waals surface area contributed by atoms with E-state index < -0.39 is 0 Å². The van der Waals surface area contributed by atoms with Crippen LogP contribution < -0.4 is 16.0 Å². The van der Waals surface area contributed by atoms with E-state index in [9.17, 15) is 4.79 Å². The van der Waals surface area contributed by atoms with Crippen molar-refractivity contribution in [3.05, 3.63) is 59.7 Å². The van der Waals surface area contributed by atoms with Crippen molar-refractivity contribution in [3.8, 4) is 0 Å². The molecule has 4 rings (SSSR count). The van der Waals surface area contributed by atoms with Crippen LogP contribution in [0.25, 0.3) is 22.2 Å². The number of hydrogen-bond acceptors (Lipinski definition) is 6. The Kier molecular flexibility index (Phi) is 7.06. The van der Waals surface area contributed by atoms with Crippen molar-refractivity contribution in [1.82, 2.24) is 20.0 Å². The Labute approximate surface area is 199 Å². The Balaban J connectivity index is 1.72. The number of rotatable bonds is 9. The number of carbonyl (C=O) groups excluding carboxylic acids is 1. The van der Waals surface area contributed by atoms with E-state index in [4.69, 9.17) is 15.7 Å². The van der Waals surface area contributed by atoms with E-state index in [1.54, 1.807) is 6.21 Å². The van der Waals surface area contributed by atoms with Crippen molar-refractivity contribution in [2.75, 3.05) is 31.3 Å². The molecule has 0 atom stereocenters. The van der Waals surface area contributed by atoms with Gasteiger partial charge < -0.3 is 16.0 Å². The fourth-order valence-corrected chi connectivity index (χ4v) is 3.81. The average Bonchev–Trinajstić information content (AvgIpc) is 3.11. The molecule has 0 spiro atoms. The van der Waals surface area contributed by atoms with Crippen LogP contribution in [0.4, 0.5) is 11.5 Å². The van der Waals surface area contributed by atoms with E-state index in [1.807, 2.05) is 67.5 Å². The molecule has 4 aromatic rings. The first kappa shape index (κ1) is 23.2. The van der Waals surface area contributed by atoms with Crippen molar-refractivity contribution in [1.29, 1.82) is 0 Å². The number of nitrogens with one attached hydrogen (secondary N) is 1. The summed E-state index contributed by atoms with van der Waals surface area (Å²) in [7, 11) is 3.99. The summed E-state index contributed by atoms with van der Waals surface area (Å²) in [6, 6.07) is 15.5. The van der Waals surface area contributed by atoms with Gasteiger partial charge >= 0.3 is 0 Å². The Morgan fingerprint density at radius 1 is 1.06 bits per heavy atom. The summed E-state index contributed by atoms with van der Waals surface area (Å²) < 4.78 is 1.50. The molecule has 3 N–H and O–H groups in total. The van der Waals surface area contributed by atoms with Crippen LogP contribution in [0.5, 0.6) is 0 Å². The van der Waals surface area contributed by atoms with Gasteiger partial charge in [0.2, 0.25) is 0 Å². The molecule has 0 aliphatic rings. The van der Waals surface area contributed by atoms with Gasteiger partial charge in [0.15, 0.2) is 5.65 Å². The van der Waals surface area contributed by atoms with Crippen molar-refractivity contribution >= 4 is 45.8 Å². The highest BCUT2D eigenvalue weighted by atomic mass is 16.1. The summed E-state index contributed by atoms with van der Waals surface area (Å²) in [5.41, 5.74) is 11.1. The van der Waals surface area contributed by atoms with Crippen molar-refractivity contribution < 1.29 is 4.79 Å². The highest BCUT2D eigenvalue weighted by molar-refractivity contribution is 6.10. The number of nitrogens with zero attached hydrogens (tertiary/aromatic N) is 5. The molecule has 0 aliphatic heterocycles. The normalized spacial score (nSPS) is 11.5. The lowest BCUT2D eigenvalue weighted by Gasteiger charge is -2.11. The number of amides is 1. The molecule has 176 valence electrons. The molecule has 0 saturated heterocycles. The quantitative estimate of drug-likeness (QED) is 0.286. The molecular weight excluding hydrogens is 426 g/mol. The van der Waals surface area contributed by atoms with Gasteiger partial charge in [-0.05, 0) is 36.2 Å². The number of fused-ring (bicyclic) bond motifs is 2.